The van der Waals surface area contributed by atoms with E-state index in [1.54, 1.807) is 24.3 Å². The Labute approximate surface area is 100 Å². The molecular weight excluding hydrogens is 224 g/mol. The third kappa shape index (κ3) is 2.20. The molecule has 4 heteroatoms. The zero-order valence-electron chi connectivity index (χ0n) is 9.03. The number of amides is 1. The molecule has 0 bridgehead atoms. The first-order valence-electron chi connectivity index (χ1n) is 5.49. The maximum atomic E-state index is 12.2. The molecule has 1 aliphatic rings. The average molecular weight is 239 g/mol. The van der Waals surface area contributed by atoms with Gasteiger partial charge in [0.1, 0.15) is 0 Å². The van der Waals surface area contributed by atoms with E-state index in [-0.39, 0.29) is 11.9 Å². The number of halogens is 1. The molecule has 2 rings (SSSR count). The highest BCUT2D eigenvalue weighted by atomic mass is 35.5. The van der Waals surface area contributed by atoms with Crippen molar-refractivity contribution >= 4 is 17.5 Å². The van der Waals surface area contributed by atoms with Crippen molar-refractivity contribution < 1.29 is 4.79 Å². The highest BCUT2D eigenvalue weighted by molar-refractivity contribution is 6.30. The first-order chi connectivity index (χ1) is 7.72. The molecule has 16 heavy (non-hydrogen) atoms. The van der Waals surface area contributed by atoms with Gasteiger partial charge in [0.15, 0.2) is 0 Å². The van der Waals surface area contributed by atoms with Gasteiger partial charge < -0.3 is 10.6 Å². The van der Waals surface area contributed by atoms with Gasteiger partial charge in [-0.25, -0.2) is 0 Å². The Morgan fingerprint density at radius 2 is 2.38 bits per heavy atom. The largest absolute Gasteiger partial charge is 0.334 e. The molecule has 0 spiro atoms. The van der Waals surface area contributed by atoms with Crippen LogP contribution in [0.4, 0.5) is 0 Å². The Morgan fingerprint density at radius 3 is 3.06 bits per heavy atom. The fraction of sp³-hybridized carbons (Fsp3) is 0.417. The molecule has 1 heterocycles. The van der Waals surface area contributed by atoms with Crippen LogP contribution in [0.2, 0.25) is 5.02 Å². The summed E-state index contributed by atoms with van der Waals surface area (Å²) >= 11 is 5.87. The van der Waals surface area contributed by atoms with E-state index < -0.39 is 0 Å². The molecule has 2 N–H and O–H groups in total. The number of nitrogens with zero attached hydrogens (tertiary/aromatic N) is 1. The van der Waals surface area contributed by atoms with Gasteiger partial charge >= 0.3 is 0 Å². The number of likely N-dealkylation sites (tertiary alicyclic amines) is 1. The lowest BCUT2D eigenvalue weighted by Gasteiger charge is -2.23. The lowest BCUT2D eigenvalue weighted by Crippen LogP contribution is -2.39. The monoisotopic (exact) mass is 238 g/mol. The number of rotatable bonds is 2. The van der Waals surface area contributed by atoms with Crippen LogP contribution < -0.4 is 5.73 Å². The van der Waals surface area contributed by atoms with Crippen molar-refractivity contribution in [1.29, 1.82) is 0 Å². The quantitative estimate of drug-likeness (QED) is 0.856. The van der Waals surface area contributed by atoms with E-state index >= 15 is 0 Å². The smallest absolute Gasteiger partial charge is 0.254 e. The first kappa shape index (κ1) is 11.4. The van der Waals surface area contributed by atoms with Gasteiger partial charge in [0.05, 0.1) is 0 Å². The maximum Gasteiger partial charge on any atom is 0.254 e. The molecule has 86 valence electrons. The average Bonchev–Trinajstić information content (AvgIpc) is 2.76. The van der Waals surface area contributed by atoms with Crippen molar-refractivity contribution in [2.75, 3.05) is 13.1 Å². The Balaban J connectivity index is 2.18. The van der Waals surface area contributed by atoms with Crippen molar-refractivity contribution in [2.45, 2.75) is 18.9 Å². The standard InChI is InChI=1S/C12H15ClN2O/c13-10-4-1-3-9(7-10)12(16)15-6-2-5-11(15)8-14/h1,3-4,7,11H,2,5-6,8,14H2/t11-/m0/s1. The van der Waals surface area contributed by atoms with Crippen molar-refractivity contribution in [1.82, 2.24) is 4.90 Å². The number of carbonyl (C=O) groups excluding carboxylic acids is 1. The van der Waals surface area contributed by atoms with Crippen LogP contribution in [0.1, 0.15) is 23.2 Å². The molecule has 1 aromatic rings. The van der Waals surface area contributed by atoms with Crippen LogP contribution in [0, 0.1) is 0 Å². The third-order valence-corrected chi connectivity index (χ3v) is 3.22. The number of carbonyl (C=O) groups is 1. The minimum absolute atomic E-state index is 0.0375. The third-order valence-electron chi connectivity index (χ3n) is 2.98. The fourth-order valence-electron chi connectivity index (χ4n) is 2.14. The zero-order chi connectivity index (χ0) is 11.5. The van der Waals surface area contributed by atoms with Crippen molar-refractivity contribution in [3.8, 4) is 0 Å². The summed E-state index contributed by atoms with van der Waals surface area (Å²) in [6, 6.07) is 7.24. The van der Waals surface area contributed by atoms with Gasteiger partial charge in [-0.1, -0.05) is 17.7 Å². The minimum Gasteiger partial charge on any atom is -0.334 e. The molecule has 1 aliphatic heterocycles. The molecule has 1 amide bonds. The number of hydrogen-bond acceptors (Lipinski definition) is 2. The van der Waals surface area contributed by atoms with Crippen LogP contribution in [-0.4, -0.2) is 29.9 Å². The van der Waals surface area contributed by atoms with Gasteiger partial charge in [0.2, 0.25) is 0 Å². The summed E-state index contributed by atoms with van der Waals surface area (Å²) in [5.74, 6) is 0.0375. The summed E-state index contributed by atoms with van der Waals surface area (Å²) in [4.78, 5) is 14.0. The Kier molecular flexibility index (Phi) is 3.46. The van der Waals surface area contributed by atoms with E-state index in [1.807, 2.05) is 4.90 Å². The van der Waals surface area contributed by atoms with Gasteiger partial charge in [-0.05, 0) is 31.0 Å². The van der Waals surface area contributed by atoms with Crippen LogP contribution in [0.25, 0.3) is 0 Å². The molecule has 0 aliphatic carbocycles. The lowest BCUT2D eigenvalue weighted by atomic mass is 10.1. The van der Waals surface area contributed by atoms with Gasteiger partial charge in [0, 0.05) is 29.7 Å². The molecule has 1 saturated heterocycles. The second-order valence-corrected chi connectivity index (χ2v) is 4.48. The van der Waals surface area contributed by atoms with Crippen LogP contribution in [0.5, 0.6) is 0 Å². The summed E-state index contributed by atoms with van der Waals surface area (Å²) in [6.45, 7) is 1.33. The SMILES string of the molecule is NC[C@@H]1CCCN1C(=O)c1cccc(Cl)c1. The number of hydrogen-bond donors (Lipinski definition) is 1. The van der Waals surface area contributed by atoms with E-state index in [4.69, 9.17) is 17.3 Å². The molecular formula is C12H15ClN2O. The molecule has 1 aromatic carbocycles. The van der Waals surface area contributed by atoms with Crippen LogP contribution in [0.3, 0.4) is 0 Å². The van der Waals surface area contributed by atoms with Crippen molar-refractivity contribution in [3.63, 3.8) is 0 Å². The van der Waals surface area contributed by atoms with E-state index in [9.17, 15) is 4.79 Å². The summed E-state index contributed by atoms with van der Waals surface area (Å²) in [5.41, 5.74) is 6.30. The molecule has 0 unspecified atom stereocenters. The molecule has 0 saturated carbocycles. The van der Waals surface area contributed by atoms with Gasteiger partial charge in [0.25, 0.3) is 5.91 Å². The Morgan fingerprint density at radius 1 is 1.56 bits per heavy atom. The zero-order valence-corrected chi connectivity index (χ0v) is 9.78. The second-order valence-electron chi connectivity index (χ2n) is 4.04. The van der Waals surface area contributed by atoms with Gasteiger partial charge in [-0.15, -0.1) is 0 Å². The molecule has 1 atom stereocenters. The predicted octanol–water partition coefficient (Wildman–Crippen LogP) is 1.90. The molecule has 3 nitrogen and oxygen atoms in total. The minimum atomic E-state index is 0.0375. The highest BCUT2D eigenvalue weighted by Crippen LogP contribution is 2.20. The Bertz CT molecular complexity index is 394. The summed E-state index contributed by atoms with van der Waals surface area (Å²) < 4.78 is 0. The number of benzene rings is 1. The van der Waals surface area contributed by atoms with E-state index in [2.05, 4.69) is 0 Å². The molecule has 0 aromatic heterocycles. The lowest BCUT2D eigenvalue weighted by molar-refractivity contribution is 0.0741. The summed E-state index contributed by atoms with van der Waals surface area (Å²) in [5, 5.41) is 0.592. The molecule has 1 fully saturated rings. The first-order valence-corrected chi connectivity index (χ1v) is 5.87. The van der Waals surface area contributed by atoms with Gasteiger partial charge in [-0.3, -0.25) is 4.79 Å². The molecule has 0 radical (unpaired) electrons. The van der Waals surface area contributed by atoms with Crippen molar-refractivity contribution in [2.24, 2.45) is 5.73 Å². The van der Waals surface area contributed by atoms with E-state index in [0.717, 1.165) is 19.4 Å². The highest BCUT2D eigenvalue weighted by Gasteiger charge is 2.28. The maximum absolute atomic E-state index is 12.2. The van der Waals surface area contributed by atoms with Gasteiger partial charge in [-0.2, -0.15) is 0 Å². The van der Waals surface area contributed by atoms with Crippen LogP contribution in [0.15, 0.2) is 24.3 Å². The normalized spacial score (nSPS) is 20.1. The topological polar surface area (TPSA) is 46.3 Å². The van der Waals surface area contributed by atoms with E-state index in [1.165, 1.54) is 0 Å². The van der Waals surface area contributed by atoms with Crippen LogP contribution >= 0.6 is 11.6 Å². The van der Waals surface area contributed by atoms with E-state index in [0.29, 0.717) is 17.1 Å². The number of nitrogens with two attached hydrogens (primary N) is 1. The van der Waals surface area contributed by atoms with Crippen molar-refractivity contribution in [3.05, 3.63) is 34.9 Å². The Hall–Kier alpha value is -1.06. The second kappa shape index (κ2) is 4.85. The summed E-state index contributed by atoms with van der Waals surface area (Å²) in [7, 11) is 0. The fourth-order valence-corrected chi connectivity index (χ4v) is 2.33. The van der Waals surface area contributed by atoms with Crippen LogP contribution in [-0.2, 0) is 0 Å². The predicted molar refractivity (Wildman–Crippen MR) is 64.6 cm³/mol. The summed E-state index contributed by atoms with van der Waals surface area (Å²) in [6.07, 6.45) is 2.04.